The molecule has 0 bridgehead atoms. The van der Waals surface area contributed by atoms with Crippen LogP contribution in [0.2, 0.25) is 0 Å². The zero-order valence-electron chi connectivity index (χ0n) is 9.04. The number of carbonyl (C=O) groups excluding carboxylic acids is 1. The van der Waals surface area contributed by atoms with Crippen LogP contribution in [0.5, 0.6) is 0 Å². The topological polar surface area (TPSA) is 103 Å². The molecule has 0 spiro atoms. The molecule has 0 radical (unpaired) electrons. The van der Waals surface area contributed by atoms with E-state index in [0.717, 1.165) is 5.56 Å². The Hall–Kier alpha value is -2.33. The van der Waals surface area contributed by atoms with Gasteiger partial charge in [-0.3, -0.25) is 9.59 Å². The first kappa shape index (κ1) is 12.7. The fraction of sp³-hybridized carbons (Fsp3) is 0.273. The summed E-state index contributed by atoms with van der Waals surface area (Å²) in [6.45, 7) is 0.236. The Labute approximate surface area is 97.5 Å². The Balaban J connectivity index is 2.63. The molecular formula is C11H11N3O3. The van der Waals surface area contributed by atoms with Gasteiger partial charge >= 0.3 is 5.97 Å². The van der Waals surface area contributed by atoms with Gasteiger partial charge < -0.3 is 5.11 Å². The third-order valence-electron chi connectivity index (χ3n) is 2.16. The van der Waals surface area contributed by atoms with Crippen LogP contribution in [0, 0.1) is 0 Å². The molecule has 0 heterocycles. The van der Waals surface area contributed by atoms with Crippen LogP contribution in [0.1, 0.15) is 28.8 Å². The average molecular weight is 233 g/mol. The monoisotopic (exact) mass is 233 g/mol. The van der Waals surface area contributed by atoms with Crippen molar-refractivity contribution in [2.75, 3.05) is 0 Å². The number of carbonyl (C=O) groups is 2. The number of ketones is 1. The highest BCUT2D eigenvalue weighted by molar-refractivity contribution is 5.97. The van der Waals surface area contributed by atoms with Gasteiger partial charge in [0.1, 0.15) is 0 Å². The molecule has 17 heavy (non-hydrogen) atoms. The molecule has 6 heteroatoms. The molecule has 6 nitrogen and oxygen atoms in total. The first-order chi connectivity index (χ1) is 8.13. The number of carboxylic acids is 1. The number of nitrogens with zero attached hydrogens (tertiary/aromatic N) is 3. The number of Topliss-reactive ketones (excluding diaryl/α,β-unsaturated/α-hetero) is 1. The Morgan fingerprint density at radius 1 is 1.24 bits per heavy atom. The van der Waals surface area contributed by atoms with Crippen LogP contribution in [-0.2, 0) is 11.3 Å². The quantitative estimate of drug-likeness (QED) is 0.353. The number of azide groups is 1. The van der Waals surface area contributed by atoms with Gasteiger partial charge in [-0.05, 0) is 11.1 Å². The van der Waals surface area contributed by atoms with Crippen LogP contribution in [-0.4, -0.2) is 16.9 Å². The van der Waals surface area contributed by atoms with E-state index in [4.69, 9.17) is 10.6 Å². The number of hydrogen-bond acceptors (Lipinski definition) is 3. The van der Waals surface area contributed by atoms with E-state index in [-0.39, 0.29) is 25.2 Å². The molecule has 1 aromatic rings. The molecule has 1 aromatic carbocycles. The summed E-state index contributed by atoms with van der Waals surface area (Å²) in [7, 11) is 0. The van der Waals surface area contributed by atoms with Gasteiger partial charge in [0.2, 0.25) is 0 Å². The lowest BCUT2D eigenvalue weighted by molar-refractivity contribution is -0.136. The predicted molar refractivity (Wildman–Crippen MR) is 60.5 cm³/mol. The second-order valence-corrected chi connectivity index (χ2v) is 3.40. The maximum atomic E-state index is 11.5. The normalized spacial score (nSPS) is 9.41. The molecule has 0 saturated carbocycles. The van der Waals surface area contributed by atoms with Gasteiger partial charge in [-0.15, -0.1) is 0 Å². The van der Waals surface area contributed by atoms with Crippen molar-refractivity contribution in [2.45, 2.75) is 19.4 Å². The summed E-state index contributed by atoms with van der Waals surface area (Å²) >= 11 is 0. The molecule has 0 aromatic heterocycles. The highest BCUT2D eigenvalue weighted by Gasteiger charge is 2.07. The van der Waals surface area contributed by atoms with Gasteiger partial charge in [0.15, 0.2) is 5.78 Å². The summed E-state index contributed by atoms with van der Waals surface area (Å²) < 4.78 is 0. The average Bonchev–Trinajstić information content (AvgIpc) is 2.34. The van der Waals surface area contributed by atoms with Gasteiger partial charge in [-0.1, -0.05) is 29.4 Å². The van der Waals surface area contributed by atoms with Crippen LogP contribution < -0.4 is 0 Å². The standard InChI is InChI=1S/C11H11N3O3/c12-14-13-7-8-1-3-9(4-2-8)10(15)5-6-11(16)17/h1-4H,5-7H2,(H,16,17). The maximum absolute atomic E-state index is 11.5. The van der Waals surface area contributed by atoms with E-state index in [1.165, 1.54) is 0 Å². The summed E-state index contributed by atoms with van der Waals surface area (Å²) in [6.07, 6.45) is -0.176. The first-order valence-corrected chi connectivity index (χ1v) is 4.98. The van der Waals surface area contributed by atoms with Crippen LogP contribution in [0.3, 0.4) is 0 Å². The number of hydrogen-bond donors (Lipinski definition) is 1. The Morgan fingerprint density at radius 2 is 1.88 bits per heavy atom. The van der Waals surface area contributed by atoms with Crippen molar-refractivity contribution in [3.05, 3.63) is 45.8 Å². The molecule has 0 aliphatic rings. The number of carboxylic acid groups (broad SMARTS) is 1. The van der Waals surface area contributed by atoms with E-state index >= 15 is 0 Å². The van der Waals surface area contributed by atoms with Crippen molar-refractivity contribution in [3.8, 4) is 0 Å². The molecule has 0 saturated heterocycles. The number of rotatable bonds is 6. The van der Waals surface area contributed by atoms with Crippen LogP contribution in [0.4, 0.5) is 0 Å². The van der Waals surface area contributed by atoms with E-state index in [0.29, 0.717) is 5.56 Å². The van der Waals surface area contributed by atoms with E-state index in [9.17, 15) is 9.59 Å². The lowest BCUT2D eigenvalue weighted by Crippen LogP contribution is -2.03. The maximum Gasteiger partial charge on any atom is 0.303 e. The molecule has 0 unspecified atom stereocenters. The van der Waals surface area contributed by atoms with Crippen molar-refractivity contribution >= 4 is 11.8 Å². The Bertz CT molecular complexity index is 461. The molecule has 0 atom stereocenters. The van der Waals surface area contributed by atoms with Gasteiger partial charge in [0.05, 0.1) is 13.0 Å². The zero-order chi connectivity index (χ0) is 12.7. The van der Waals surface area contributed by atoms with E-state index < -0.39 is 5.97 Å². The molecule has 0 amide bonds. The zero-order valence-corrected chi connectivity index (χ0v) is 9.04. The highest BCUT2D eigenvalue weighted by Crippen LogP contribution is 2.09. The molecule has 0 aliphatic carbocycles. The smallest absolute Gasteiger partial charge is 0.303 e. The molecule has 88 valence electrons. The third kappa shape index (κ3) is 4.36. The van der Waals surface area contributed by atoms with E-state index in [2.05, 4.69) is 10.0 Å². The van der Waals surface area contributed by atoms with Gasteiger partial charge in [-0.2, -0.15) is 0 Å². The van der Waals surface area contributed by atoms with Crippen LogP contribution in [0.25, 0.3) is 10.4 Å². The lowest BCUT2D eigenvalue weighted by Gasteiger charge is -2.00. The van der Waals surface area contributed by atoms with Crippen molar-refractivity contribution in [2.24, 2.45) is 5.11 Å². The summed E-state index contributed by atoms with van der Waals surface area (Å²) in [5.74, 6) is -1.19. The third-order valence-corrected chi connectivity index (χ3v) is 2.16. The minimum Gasteiger partial charge on any atom is -0.481 e. The van der Waals surface area contributed by atoms with E-state index in [1.54, 1.807) is 24.3 Å². The fourth-order valence-electron chi connectivity index (χ4n) is 1.27. The number of aliphatic carboxylic acids is 1. The Morgan fingerprint density at radius 3 is 2.41 bits per heavy atom. The molecule has 1 N–H and O–H groups in total. The van der Waals surface area contributed by atoms with Gasteiger partial charge in [-0.25, -0.2) is 0 Å². The van der Waals surface area contributed by atoms with E-state index in [1.807, 2.05) is 0 Å². The SMILES string of the molecule is [N-]=[N+]=NCc1ccc(C(=O)CCC(=O)O)cc1. The summed E-state index contributed by atoms with van der Waals surface area (Å²) in [4.78, 5) is 24.5. The minimum atomic E-state index is -0.988. The second kappa shape index (κ2) is 6.30. The van der Waals surface area contributed by atoms with Crippen molar-refractivity contribution < 1.29 is 14.7 Å². The Kier molecular flexibility index (Phi) is 4.72. The predicted octanol–water partition coefficient (Wildman–Crippen LogP) is 2.54. The summed E-state index contributed by atoms with van der Waals surface area (Å²) in [5.41, 5.74) is 9.41. The van der Waals surface area contributed by atoms with Gasteiger partial charge in [0, 0.05) is 16.9 Å². The summed E-state index contributed by atoms with van der Waals surface area (Å²) in [6, 6.07) is 6.57. The molecular weight excluding hydrogens is 222 g/mol. The highest BCUT2D eigenvalue weighted by atomic mass is 16.4. The minimum absolute atomic E-state index is 0.00890. The fourth-order valence-corrected chi connectivity index (χ4v) is 1.27. The number of benzene rings is 1. The largest absolute Gasteiger partial charge is 0.481 e. The second-order valence-electron chi connectivity index (χ2n) is 3.40. The van der Waals surface area contributed by atoms with Crippen LogP contribution in [0.15, 0.2) is 29.4 Å². The molecule has 0 aliphatic heterocycles. The lowest BCUT2D eigenvalue weighted by atomic mass is 10.0. The molecule has 0 fully saturated rings. The first-order valence-electron chi connectivity index (χ1n) is 4.98. The molecule has 1 rings (SSSR count). The van der Waals surface area contributed by atoms with Crippen molar-refractivity contribution in [3.63, 3.8) is 0 Å². The summed E-state index contributed by atoms with van der Waals surface area (Å²) in [5, 5.41) is 11.8. The van der Waals surface area contributed by atoms with Crippen molar-refractivity contribution in [1.82, 2.24) is 0 Å². The van der Waals surface area contributed by atoms with Crippen molar-refractivity contribution in [1.29, 1.82) is 0 Å². The van der Waals surface area contributed by atoms with Crippen LogP contribution >= 0.6 is 0 Å². The van der Waals surface area contributed by atoms with Gasteiger partial charge in [0.25, 0.3) is 0 Å².